The molecule has 0 radical (unpaired) electrons. The summed E-state index contributed by atoms with van der Waals surface area (Å²) in [5.41, 5.74) is 0. The number of hydrogen-bond acceptors (Lipinski definition) is 5. The Labute approximate surface area is 113 Å². The van der Waals surface area contributed by atoms with Crippen molar-refractivity contribution in [2.45, 2.75) is 53.5 Å². The number of aryl methyl sites for hydroxylation is 1. The summed E-state index contributed by atoms with van der Waals surface area (Å²) < 4.78 is 22.0. The monoisotopic (exact) mass is 274 g/mol. The van der Waals surface area contributed by atoms with Crippen molar-refractivity contribution in [1.29, 1.82) is 0 Å². The van der Waals surface area contributed by atoms with Gasteiger partial charge in [0.15, 0.2) is 18.9 Å². The molecule has 0 N–H and O–H groups in total. The summed E-state index contributed by atoms with van der Waals surface area (Å²) >= 11 is 1.65. The van der Waals surface area contributed by atoms with Gasteiger partial charge in [-0.15, -0.1) is 11.3 Å². The van der Waals surface area contributed by atoms with Gasteiger partial charge in [0.2, 0.25) is 0 Å². The summed E-state index contributed by atoms with van der Waals surface area (Å²) in [4.78, 5) is 1.14. The third-order valence-electron chi connectivity index (χ3n) is 2.27. The van der Waals surface area contributed by atoms with Crippen LogP contribution < -0.4 is 4.74 Å². The lowest BCUT2D eigenvalue weighted by atomic mass is 10.4. The smallest absolute Gasteiger partial charge is 0.199 e. The lowest BCUT2D eigenvalue weighted by molar-refractivity contribution is -0.264. The van der Waals surface area contributed by atoms with Gasteiger partial charge in [-0.05, 0) is 46.1 Å². The molecular weight excluding hydrogens is 252 g/mol. The second kappa shape index (κ2) is 7.74. The van der Waals surface area contributed by atoms with E-state index in [0.717, 1.165) is 10.6 Å². The summed E-state index contributed by atoms with van der Waals surface area (Å²) in [5.74, 6) is 0.859. The van der Waals surface area contributed by atoms with E-state index < -0.39 is 0 Å². The first-order valence-electron chi connectivity index (χ1n) is 6.16. The van der Waals surface area contributed by atoms with E-state index in [4.69, 9.17) is 18.9 Å². The van der Waals surface area contributed by atoms with Crippen molar-refractivity contribution in [1.82, 2.24) is 0 Å². The van der Waals surface area contributed by atoms with Crippen molar-refractivity contribution in [3.8, 4) is 5.75 Å². The fraction of sp³-hybridized carbons (Fsp3) is 0.692. The molecule has 0 aliphatic rings. The molecule has 104 valence electrons. The van der Waals surface area contributed by atoms with Crippen molar-refractivity contribution in [2.24, 2.45) is 0 Å². The largest absolute Gasteiger partial charge is 0.464 e. The maximum atomic E-state index is 5.66. The predicted molar refractivity (Wildman–Crippen MR) is 71.9 cm³/mol. The zero-order valence-electron chi connectivity index (χ0n) is 11.6. The van der Waals surface area contributed by atoms with Crippen LogP contribution in [0.5, 0.6) is 5.75 Å². The first-order chi connectivity index (χ1) is 8.52. The molecule has 0 saturated carbocycles. The highest BCUT2D eigenvalue weighted by atomic mass is 32.1. The summed E-state index contributed by atoms with van der Waals surface area (Å²) in [7, 11) is 0. The molecule has 18 heavy (non-hydrogen) atoms. The van der Waals surface area contributed by atoms with Crippen LogP contribution >= 0.6 is 11.3 Å². The third-order valence-corrected chi connectivity index (χ3v) is 3.10. The molecule has 3 atom stereocenters. The molecule has 4 nitrogen and oxygen atoms in total. The lowest BCUT2D eigenvalue weighted by Gasteiger charge is -2.23. The van der Waals surface area contributed by atoms with Gasteiger partial charge in [-0.2, -0.15) is 0 Å². The van der Waals surface area contributed by atoms with Crippen LogP contribution in [0.2, 0.25) is 0 Å². The summed E-state index contributed by atoms with van der Waals surface area (Å²) in [5, 5.41) is 1.99. The summed E-state index contributed by atoms with van der Waals surface area (Å²) in [6.45, 7) is 10.1. The molecule has 0 amide bonds. The Morgan fingerprint density at radius 3 is 2.33 bits per heavy atom. The van der Waals surface area contributed by atoms with Crippen molar-refractivity contribution >= 4 is 11.3 Å². The lowest BCUT2D eigenvalue weighted by Crippen LogP contribution is -2.28. The predicted octanol–water partition coefficient (Wildman–Crippen LogP) is 3.54. The van der Waals surface area contributed by atoms with Crippen LogP contribution in [0, 0.1) is 6.92 Å². The molecule has 0 spiro atoms. The Kier molecular flexibility index (Phi) is 6.63. The molecule has 0 bridgehead atoms. The number of thiophene rings is 1. The van der Waals surface area contributed by atoms with Crippen LogP contribution in [0.25, 0.3) is 0 Å². The highest BCUT2D eigenvalue weighted by Crippen LogP contribution is 2.24. The number of ether oxygens (including phenoxy) is 4. The Bertz CT molecular complexity index is 339. The van der Waals surface area contributed by atoms with Crippen LogP contribution in [0.1, 0.15) is 32.6 Å². The van der Waals surface area contributed by atoms with Gasteiger partial charge in [-0.25, -0.2) is 0 Å². The van der Waals surface area contributed by atoms with E-state index in [-0.39, 0.29) is 18.9 Å². The molecule has 1 heterocycles. The quantitative estimate of drug-likeness (QED) is 0.679. The highest BCUT2D eigenvalue weighted by molar-refractivity contribution is 7.10. The molecule has 1 aromatic rings. The standard InChI is InChI=1S/C13H22O4S/c1-6-14-10(3)15-11(4)16-12(5)17-13-7-8-18-9(13)2/h7-8,10-12H,6H2,1-5H3. The normalized spacial score (nSPS) is 16.3. The molecule has 1 rings (SSSR count). The second-order valence-electron chi connectivity index (χ2n) is 3.89. The maximum absolute atomic E-state index is 5.66. The van der Waals surface area contributed by atoms with E-state index in [0.29, 0.717) is 6.61 Å². The van der Waals surface area contributed by atoms with Crippen LogP contribution in [-0.2, 0) is 14.2 Å². The molecule has 0 saturated heterocycles. The Morgan fingerprint density at radius 2 is 1.78 bits per heavy atom. The fourth-order valence-electron chi connectivity index (χ4n) is 1.55. The summed E-state index contributed by atoms with van der Waals surface area (Å²) in [6.07, 6.45) is -1.01. The molecule has 0 aliphatic heterocycles. The van der Waals surface area contributed by atoms with Gasteiger partial charge in [-0.1, -0.05) is 0 Å². The van der Waals surface area contributed by atoms with Crippen molar-refractivity contribution in [3.05, 3.63) is 16.3 Å². The zero-order chi connectivity index (χ0) is 13.5. The maximum Gasteiger partial charge on any atom is 0.199 e. The molecule has 0 fully saturated rings. The topological polar surface area (TPSA) is 36.9 Å². The van der Waals surface area contributed by atoms with Gasteiger partial charge in [0, 0.05) is 11.5 Å². The van der Waals surface area contributed by atoms with Crippen LogP contribution in [-0.4, -0.2) is 25.5 Å². The Morgan fingerprint density at radius 1 is 1.11 bits per heavy atom. The molecule has 0 aromatic carbocycles. The fourth-order valence-corrected chi connectivity index (χ4v) is 2.18. The van der Waals surface area contributed by atoms with Gasteiger partial charge in [0.25, 0.3) is 0 Å². The molecular formula is C13H22O4S. The number of rotatable bonds is 8. The van der Waals surface area contributed by atoms with E-state index in [1.165, 1.54) is 0 Å². The third kappa shape index (κ3) is 5.35. The van der Waals surface area contributed by atoms with Gasteiger partial charge < -0.3 is 18.9 Å². The Balaban J connectivity index is 2.31. The van der Waals surface area contributed by atoms with E-state index in [2.05, 4.69) is 0 Å². The Hall–Kier alpha value is -0.620. The van der Waals surface area contributed by atoms with Crippen molar-refractivity contribution in [3.63, 3.8) is 0 Å². The van der Waals surface area contributed by atoms with Crippen molar-refractivity contribution in [2.75, 3.05) is 6.61 Å². The average molecular weight is 274 g/mol. The first kappa shape index (κ1) is 15.4. The van der Waals surface area contributed by atoms with Crippen LogP contribution in [0.4, 0.5) is 0 Å². The summed E-state index contributed by atoms with van der Waals surface area (Å²) in [6, 6.07) is 1.94. The van der Waals surface area contributed by atoms with E-state index >= 15 is 0 Å². The van der Waals surface area contributed by atoms with E-state index in [9.17, 15) is 0 Å². The second-order valence-corrected chi connectivity index (χ2v) is 5.01. The minimum absolute atomic E-state index is 0.278. The molecule has 3 unspecified atom stereocenters. The van der Waals surface area contributed by atoms with Gasteiger partial charge in [0.1, 0.15) is 5.75 Å². The average Bonchev–Trinajstić information content (AvgIpc) is 2.64. The highest BCUT2D eigenvalue weighted by Gasteiger charge is 2.14. The van der Waals surface area contributed by atoms with Crippen LogP contribution in [0.3, 0.4) is 0 Å². The van der Waals surface area contributed by atoms with Gasteiger partial charge in [-0.3, -0.25) is 0 Å². The SMILES string of the molecule is CCOC(C)OC(C)OC(C)Oc1ccsc1C. The van der Waals surface area contributed by atoms with Crippen molar-refractivity contribution < 1.29 is 18.9 Å². The van der Waals surface area contributed by atoms with Crippen LogP contribution in [0.15, 0.2) is 11.4 Å². The first-order valence-corrected chi connectivity index (χ1v) is 7.04. The molecule has 5 heteroatoms. The van der Waals surface area contributed by atoms with Gasteiger partial charge in [0.05, 0.1) is 0 Å². The minimum atomic E-state index is -0.375. The zero-order valence-corrected chi connectivity index (χ0v) is 12.5. The van der Waals surface area contributed by atoms with E-state index in [1.54, 1.807) is 11.3 Å². The minimum Gasteiger partial charge on any atom is -0.464 e. The van der Waals surface area contributed by atoms with Gasteiger partial charge >= 0.3 is 0 Å². The number of hydrogen-bond donors (Lipinski definition) is 0. The molecule has 1 aromatic heterocycles. The molecule has 0 aliphatic carbocycles. The van der Waals surface area contributed by atoms with E-state index in [1.807, 2.05) is 46.1 Å².